The van der Waals surface area contributed by atoms with Crippen LogP contribution in [0.5, 0.6) is 0 Å². The van der Waals surface area contributed by atoms with Crippen molar-refractivity contribution in [2.75, 3.05) is 6.54 Å². The van der Waals surface area contributed by atoms with Crippen molar-refractivity contribution in [3.05, 3.63) is 29.7 Å². The number of nitrogens with two attached hydrogens (primary N) is 1. The molecule has 2 N–H and O–H groups in total. The molecule has 0 fully saturated rings. The van der Waals surface area contributed by atoms with Gasteiger partial charge in [-0.3, -0.25) is 4.79 Å². The lowest BCUT2D eigenvalue weighted by Crippen LogP contribution is -2.24. The molecule has 0 aliphatic carbocycles. The number of hydrogen-bond donors (Lipinski definition) is 1. The quantitative estimate of drug-likeness (QED) is 0.773. The minimum absolute atomic E-state index is 0.144. The molecule has 0 aliphatic heterocycles. The fourth-order valence-electron chi connectivity index (χ4n) is 2.28. The van der Waals surface area contributed by atoms with E-state index in [9.17, 15) is 4.79 Å². The van der Waals surface area contributed by atoms with E-state index in [-0.39, 0.29) is 11.9 Å². The summed E-state index contributed by atoms with van der Waals surface area (Å²) < 4.78 is 5.37. The van der Waals surface area contributed by atoms with Crippen molar-refractivity contribution < 1.29 is 9.53 Å². The number of ether oxygens (including phenoxy) is 1. The van der Waals surface area contributed by atoms with Crippen LogP contribution in [0.1, 0.15) is 51.0 Å². The fraction of sp³-hybridized carbons (Fsp3) is 0.529. The van der Waals surface area contributed by atoms with Crippen molar-refractivity contribution in [3.63, 3.8) is 0 Å². The van der Waals surface area contributed by atoms with Crippen molar-refractivity contribution in [2.45, 2.75) is 51.6 Å². The van der Waals surface area contributed by atoms with Crippen LogP contribution in [-0.2, 0) is 9.53 Å². The molecule has 130 valence electrons. The number of carbonyl (C=O) groups excluding carboxylic acids is 1. The normalized spacial score (nSPS) is 12.8. The van der Waals surface area contributed by atoms with E-state index in [2.05, 4.69) is 15.0 Å². The van der Waals surface area contributed by atoms with Crippen LogP contribution in [-0.4, -0.2) is 33.1 Å². The summed E-state index contributed by atoms with van der Waals surface area (Å²) in [6.45, 7) is 6.16. The Morgan fingerprint density at radius 2 is 1.96 bits per heavy atom. The number of nitrogens with zero attached hydrogens (tertiary/aromatic N) is 3. The molecule has 1 atom stereocenters. The Labute approximate surface area is 146 Å². The second-order valence-corrected chi connectivity index (χ2v) is 7.60. The molecule has 2 aromatic heterocycles. The largest absolute Gasteiger partial charge is 0.460 e. The average Bonchev–Trinajstić information content (AvgIpc) is 3.00. The molecular weight excluding hydrogens is 324 g/mol. The summed E-state index contributed by atoms with van der Waals surface area (Å²) in [7, 11) is 0. The molecule has 0 amide bonds. The number of thiazole rings is 1. The van der Waals surface area contributed by atoms with E-state index < -0.39 is 5.60 Å². The maximum Gasteiger partial charge on any atom is 0.306 e. The third-order valence-corrected chi connectivity index (χ3v) is 4.45. The Kier molecular flexibility index (Phi) is 6.39. The van der Waals surface area contributed by atoms with Crippen LogP contribution in [0.2, 0.25) is 0 Å². The van der Waals surface area contributed by atoms with Crippen molar-refractivity contribution in [3.8, 4) is 10.7 Å². The zero-order chi connectivity index (χ0) is 17.6. The summed E-state index contributed by atoms with van der Waals surface area (Å²) in [5.74, 6) is 0.623. The highest BCUT2D eigenvalue weighted by Gasteiger charge is 2.21. The number of hydrogen-bond acceptors (Lipinski definition) is 7. The standard InChI is InChI=1S/C17H24N4O2S/c1-17(2,3)23-14(22)6-5-12(7-8-18)16-21-11-13(24-16)15-19-9-4-10-20-15/h4,9-12H,5-8,18H2,1-3H3. The zero-order valence-electron chi connectivity index (χ0n) is 14.4. The monoisotopic (exact) mass is 348 g/mol. The molecule has 0 spiro atoms. The smallest absolute Gasteiger partial charge is 0.306 e. The SMILES string of the molecule is CC(C)(C)OC(=O)CCC(CCN)c1ncc(-c2ncccn2)s1. The van der Waals surface area contributed by atoms with Gasteiger partial charge < -0.3 is 10.5 Å². The van der Waals surface area contributed by atoms with E-state index in [1.807, 2.05) is 20.8 Å². The van der Waals surface area contributed by atoms with Crippen LogP contribution < -0.4 is 5.73 Å². The molecule has 2 aromatic rings. The van der Waals surface area contributed by atoms with Gasteiger partial charge in [-0.1, -0.05) is 0 Å². The molecule has 2 rings (SSSR count). The molecule has 7 heteroatoms. The van der Waals surface area contributed by atoms with Crippen LogP contribution in [0.25, 0.3) is 10.7 Å². The molecule has 0 aliphatic rings. The summed E-state index contributed by atoms with van der Waals surface area (Å²) >= 11 is 1.56. The summed E-state index contributed by atoms with van der Waals surface area (Å²) in [4.78, 5) is 25.8. The lowest BCUT2D eigenvalue weighted by molar-refractivity contribution is -0.155. The Balaban J connectivity index is 2.03. The van der Waals surface area contributed by atoms with Crippen LogP contribution >= 0.6 is 11.3 Å². The molecule has 0 radical (unpaired) electrons. The van der Waals surface area contributed by atoms with Crippen molar-refractivity contribution in [1.29, 1.82) is 0 Å². The minimum atomic E-state index is -0.459. The molecule has 0 saturated carbocycles. The average molecular weight is 348 g/mol. The summed E-state index contributed by atoms with van der Waals surface area (Å²) in [6, 6.07) is 1.78. The predicted octanol–water partition coefficient (Wildman–Crippen LogP) is 3.15. The summed E-state index contributed by atoms with van der Waals surface area (Å²) in [5, 5.41) is 0.964. The first-order chi connectivity index (χ1) is 11.4. The van der Waals surface area contributed by atoms with Crippen LogP contribution in [0.15, 0.2) is 24.7 Å². The Hall–Kier alpha value is -1.86. The van der Waals surface area contributed by atoms with E-state index in [1.54, 1.807) is 36.0 Å². The predicted molar refractivity (Wildman–Crippen MR) is 94.6 cm³/mol. The van der Waals surface area contributed by atoms with Gasteiger partial charge in [-0.25, -0.2) is 15.0 Å². The molecule has 24 heavy (non-hydrogen) atoms. The topological polar surface area (TPSA) is 91.0 Å². The number of esters is 1. The van der Waals surface area contributed by atoms with E-state index in [4.69, 9.17) is 10.5 Å². The lowest BCUT2D eigenvalue weighted by Gasteiger charge is -2.20. The second-order valence-electron chi connectivity index (χ2n) is 6.53. The number of rotatable bonds is 7. The third-order valence-electron chi connectivity index (χ3n) is 3.29. The number of aromatic nitrogens is 3. The van der Waals surface area contributed by atoms with Crippen LogP contribution in [0.3, 0.4) is 0 Å². The van der Waals surface area contributed by atoms with Crippen LogP contribution in [0, 0.1) is 0 Å². The maximum absolute atomic E-state index is 11.9. The first-order valence-electron chi connectivity index (χ1n) is 8.04. The Morgan fingerprint density at radius 3 is 2.58 bits per heavy atom. The van der Waals surface area contributed by atoms with Gasteiger partial charge in [0.1, 0.15) is 5.60 Å². The second kappa shape index (κ2) is 8.30. The van der Waals surface area contributed by atoms with Crippen LogP contribution in [0.4, 0.5) is 0 Å². The Bertz CT molecular complexity index is 652. The first kappa shape index (κ1) is 18.5. The van der Waals surface area contributed by atoms with Gasteiger partial charge >= 0.3 is 5.97 Å². The highest BCUT2D eigenvalue weighted by Crippen LogP contribution is 2.32. The number of carbonyl (C=O) groups is 1. The van der Waals surface area contributed by atoms with E-state index in [0.717, 1.165) is 16.3 Å². The van der Waals surface area contributed by atoms with Gasteiger partial charge in [0.05, 0.1) is 9.88 Å². The van der Waals surface area contributed by atoms with Gasteiger partial charge in [-0.15, -0.1) is 11.3 Å². The minimum Gasteiger partial charge on any atom is -0.460 e. The van der Waals surface area contributed by atoms with Crippen molar-refractivity contribution in [2.24, 2.45) is 5.73 Å². The van der Waals surface area contributed by atoms with Gasteiger partial charge in [-0.2, -0.15) is 0 Å². The van der Waals surface area contributed by atoms with Crippen molar-refractivity contribution in [1.82, 2.24) is 15.0 Å². The summed E-state index contributed by atoms with van der Waals surface area (Å²) in [5.41, 5.74) is 5.27. The molecule has 0 saturated heterocycles. The third kappa shape index (κ3) is 5.65. The summed E-state index contributed by atoms with van der Waals surface area (Å²) in [6.07, 6.45) is 7.02. The molecule has 0 bridgehead atoms. The molecule has 6 nitrogen and oxygen atoms in total. The Morgan fingerprint density at radius 1 is 1.25 bits per heavy atom. The van der Waals surface area contributed by atoms with E-state index in [1.165, 1.54) is 0 Å². The zero-order valence-corrected chi connectivity index (χ0v) is 15.2. The molecule has 0 aromatic carbocycles. The first-order valence-corrected chi connectivity index (χ1v) is 8.85. The highest BCUT2D eigenvalue weighted by atomic mass is 32.1. The van der Waals surface area contributed by atoms with E-state index >= 15 is 0 Å². The molecular formula is C17H24N4O2S. The fourth-order valence-corrected chi connectivity index (χ4v) is 3.32. The molecule has 2 heterocycles. The van der Waals surface area contributed by atoms with Gasteiger partial charge in [0, 0.05) is 30.9 Å². The van der Waals surface area contributed by atoms with Gasteiger partial charge in [-0.05, 0) is 46.2 Å². The maximum atomic E-state index is 11.9. The van der Waals surface area contributed by atoms with Crippen molar-refractivity contribution >= 4 is 17.3 Å². The van der Waals surface area contributed by atoms with Gasteiger partial charge in [0.25, 0.3) is 0 Å². The highest BCUT2D eigenvalue weighted by molar-refractivity contribution is 7.15. The molecule has 1 unspecified atom stereocenters. The lowest BCUT2D eigenvalue weighted by atomic mass is 10.00. The van der Waals surface area contributed by atoms with Gasteiger partial charge in [0.2, 0.25) is 0 Å². The van der Waals surface area contributed by atoms with E-state index in [0.29, 0.717) is 25.2 Å². The van der Waals surface area contributed by atoms with Gasteiger partial charge in [0.15, 0.2) is 5.82 Å².